The van der Waals surface area contributed by atoms with Gasteiger partial charge in [0.1, 0.15) is 0 Å². The van der Waals surface area contributed by atoms with Gasteiger partial charge in [-0.25, -0.2) is 4.79 Å². The molecule has 78 valence electrons. The van der Waals surface area contributed by atoms with Crippen molar-refractivity contribution in [2.75, 3.05) is 6.54 Å². The van der Waals surface area contributed by atoms with Crippen molar-refractivity contribution in [2.45, 2.75) is 19.8 Å². The fourth-order valence-electron chi connectivity index (χ4n) is 1.18. The highest BCUT2D eigenvalue weighted by atomic mass is 79.9. The maximum atomic E-state index is 11.3. The number of amides is 2. The van der Waals surface area contributed by atoms with E-state index in [-0.39, 0.29) is 0 Å². The third kappa shape index (κ3) is 2.59. The zero-order chi connectivity index (χ0) is 10.6. The van der Waals surface area contributed by atoms with E-state index in [1.807, 2.05) is 12.2 Å². The van der Waals surface area contributed by atoms with E-state index in [4.69, 9.17) is 0 Å². The molecule has 1 aliphatic rings. The van der Waals surface area contributed by atoms with Gasteiger partial charge >= 0.3 is 6.03 Å². The Labute approximate surface area is 91.4 Å². The van der Waals surface area contributed by atoms with E-state index < -0.39 is 6.03 Å². The second kappa shape index (κ2) is 5.17. The van der Waals surface area contributed by atoms with Gasteiger partial charge in [0.2, 0.25) is 0 Å². The molecule has 0 saturated carbocycles. The fourth-order valence-corrected chi connectivity index (χ4v) is 1.73. The molecule has 0 radical (unpaired) electrons. The highest BCUT2D eigenvalue weighted by Crippen LogP contribution is 2.25. The van der Waals surface area contributed by atoms with E-state index in [1.54, 1.807) is 6.92 Å². The van der Waals surface area contributed by atoms with Crippen LogP contribution >= 0.6 is 15.9 Å². The second-order valence-electron chi connectivity index (χ2n) is 2.88. The van der Waals surface area contributed by atoms with E-state index in [1.165, 1.54) is 0 Å². The zero-order valence-electron chi connectivity index (χ0n) is 7.96. The predicted octanol–water partition coefficient (Wildman–Crippen LogP) is 2.36. The zero-order valence-corrected chi connectivity index (χ0v) is 9.54. The van der Waals surface area contributed by atoms with Crippen molar-refractivity contribution < 1.29 is 10.0 Å². The number of rotatable bonds is 2. The minimum Gasteiger partial charge on any atom is -0.336 e. The topological polar surface area (TPSA) is 52.6 Å². The SMILES string of the molecule is CCNC(=O)N(O)C1=C(Br)C=CCC1. The standard InChI is InChI=1S/C9H13BrN2O2/c1-2-11-9(13)12(14)8-6-4-3-5-7(8)10/h3,5,14H,2,4,6H2,1H3,(H,11,13). The van der Waals surface area contributed by atoms with Crippen LogP contribution in [0.4, 0.5) is 4.79 Å². The lowest BCUT2D eigenvalue weighted by molar-refractivity contribution is -0.0133. The first-order valence-corrected chi connectivity index (χ1v) is 5.28. The predicted molar refractivity (Wildman–Crippen MR) is 57.0 cm³/mol. The van der Waals surface area contributed by atoms with Crippen molar-refractivity contribution in [1.29, 1.82) is 0 Å². The summed E-state index contributed by atoms with van der Waals surface area (Å²) < 4.78 is 0.748. The molecule has 1 rings (SSSR count). The average molecular weight is 261 g/mol. The van der Waals surface area contributed by atoms with Crippen LogP contribution in [0.3, 0.4) is 0 Å². The molecule has 0 atom stereocenters. The number of urea groups is 1. The van der Waals surface area contributed by atoms with Crippen LogP contribution in [0.1, 0.15) is 19.8 Å². The Morgan fingerprint density at radius 3 is 3.07 bits per heavy atom. The number of nitrogens with zero attached hydrogens (tertiary/aromatic N) is 1. The molecule has 0 spiro atoms. The van der Waals surface area contributed by atoms with Crippen molar-refractivity contribution in [2.24, 2.45) is 0 Å². The number of carbonyl (C=O) groups excluding carboxylic acids is 1. The minimum absolute atomic E-state index is 0.491. The summed E-state index contributed by atoms with van der Waals surface area (Å²) in [6.07, 6.45) is 5.31. The second-order valence-corrected chi connectivity index (χ2v) is 3.74. The van der Waals surface area contributed by atoms with Gasteiger partial charge in [-0.1, -0.05) is 12.2 Å². The van der Waals surface area contributed by atoms with E-state index >= 15 is 0 Å². The highest BCUT2D eigenvalue weighted by molar-refractivity contribution is 9.11. The third-order valence-corrected chi connectivity index (χ3v) is 2.59. The molecule has 2 N–H and O–H groups in total. The van der Waals surface area contributed by atoms with Gasteiger partial charge in [0, 0.05) is 11.0 Å². The van der Waals surface area contributed by atoms with E-state index in [0.717, 1.165) is 10.9 Å². The Balaban J connectivity index is 2.72. The van der Waals surface area contributed by atoms with Crippen LogP contribution < -0.4 is 5.32 Å². The first-order chi connectivity index (χ1) is 6.66. The van der Waals surface area contributed by atoms with Gasteiger partial charge in [-0.2, -0.15) is 5.06 Å². The molecular weight excluding hydrogens is 248 g/mol. The number of hydrogen-bond donors (Lipinski definition) is 2. The van der Waals surface area contributed by atoms with Crippen LogP contribution in [-0.2, 0) is 0 Å². The molecule has 5 heteroatoms. The Bertz CT molecular complexity index is 287. The van der Waals surface area contributed by atoms with Crippen molar-refractivity contribution in [3.63, 3.8) is 0 Å². The number of hydroxylamine groups is 2. The molecule has 0 aliphatic heterocycles. The van der Waals surface area contributed by atoms with Crippen molar-refractivity contribution in [3.05, 3.63) is 22.3 Å². The maximum Gasteiger partial charge on any atom is 0.345 e. The summed E-state index contributed by atoms with van der Waals surface area (Å²) in [5.74, 6) is 0. The van der Waals surface area contributed by atoms with Crippen LogP contribution in [0.5, 0.6) is 0 Å². The molecule has 0 unspecified atom stereocenters. The van der Waals surface area contributed by atoms with Gasteiger partial charge in [0.05, 0.1) is 5.70 Å². The van der Waals surface area contributed by atoms with Gasteiger partial charge in [0.15, 0.2) is 0 Å². The van der Waals surface area contributed by atoms with Crippen molar-refractivity contribution >= 4 is 22.0 Å². The first kappa shape index (κ1) is 11.3. The van der Waals surface area contributed by atoms with Crippen LogP contribution in [-0.4, -0.2) is 22.8 Å². The maximum absolute atomic E-state index is 11.3. The Morgan fingerprint density at radius 1 is 1.79 bits per heavy atom. The van der Waals surface area contributed by atoms with Crippen LogP contribution in [0.15, 0.2) is 22.3 Å². The van der Waals surface area contributed by atoms with Crippen LogP contribution in [0, 0.1) is 0 Å². The van der Waals surface area contributed by atoms with Gasteiger partial charge < -0.3 is 5.32 Å². The highest BCUT2D eigenvalue weighted by Gasteiger charge is 2.18. The molecule has 0 fully saturated rings. The summed E-state index contributed by atoms with van der Waals surface area (Å²) in [6, 6.07) is -0.491. The number of allylic oxidation sites excluding steroid dienone is 4. The molecule has 0 aromatic carbocycles. The summed E-state index contributed by atoms with van der Waals surface area (Å²) in [5.41, 5.74) is 0.596. The molecule has 0 heterocycles. The first-order valence-electron chi connectivity index (χ1n) is 4.48. The third-order valence-electron chi connectivity index (χ3n) is 1.86. The number of halogens is 1. The normalized spacial score (nSPS) is 15.6. The number of nitrogens with one attached hydrogen (secondary N) is 1. The molecule has 0 aromatic rings. The van der Waals surface area contributed by atoms with E-state index in [9.17, 15) is 10.0 Å². The lowest BCUT2D eigenvalue weighted by atomic mass is 10.1. The molecule has 14 heavy (non-hydrogen) atoms. The quantitative estimate of drug-likeness (QED) is 0.592. The minimum atomic E-state index is -0.491. The van der Waals surface area contributed by atoms with Gasteiger partial charge in [-0.15, -0.1) is 0 Å². The van der Waals surface area contributed by atoms with Gasteiger partial charge in [-0.3, -0.25) is 5.21 Å². The fraction of sp³-hybridized carbons (Fsp3) is 0.444. The molecule has 0 saturated heterocycles. The summed E-state index contributed by atoms with van der Waals surface area (Å²) in [4.78, 5) is 11.3. The summed E-state index contributed by atoms with van der Waals surface area (Å²) >= 11 is 3.29. The molecule has 4 nitrogen and oxygen atoms in total. The van der Waals surface area contributed by atoms with Gasteiger partial charge in [0.25, 0.3) is 0 Å². The van der Waals surface area contributed by atoms with E-state index in [0.29, 0.717) is 23.7 Å². The smallest absolute Gasteiger partial charge is 0.336 e. The molecule has 2 amide bonds. The average Bonchev–Trinajstić information content (AvgIpc) is 2.18. The molecule has 0 bridgehead atoms. The summed E-state index contributed by atoms with van der Waals surface area (Å²) in [5, 5.41) is 12.7. The summed E-state index contributed by atoms with van der Waals surface area (Å²) in [7, 11) is 0. The molecular formula is C9H13BrN2O2. The lowest BCUT2D eigenvalue weighted by Gasteiger charge is -2.21. The lowest BCUT2D eigenvalue weighted by Crippen LogP contribution is -2.37. The Hall–Kier alpha value is -0.810. The van der Waals surface area contributed by atoms with Crippen molar-refractivity contribution in [1.82, 2.24) is 10.4 Å². The van der Waals surface area contributed by atoms with Gasteiger partial charge in [-0.05, 0) is 35.7 Å². The molecule has 0 aromatic heterocycles. The van der Waals surface area contributed by atoms with Crippen LogP contribution in [0.2, 0.25) is 0 Å². The Kier molecular flexibility index (Phi) is 4.16. The monoisotopic (exact) mass is 260 g/mol. The summed E-state index contributed by atoms with van der Waals surface area (Å²) in [6.45, 7) is 2.30. The molecule has 1 aliphatic carbocycles. The number of carbonyl (C=O) groups is 1. The van der Waals surface area contributed by atoms with Crippen molar-refractivity contribution in [3.8, 4) is 0 Å². The van der Waals surface area contributed by atoms with E-state index in [2.05, 4.69) is 21.2 Å². The number of hydrogen-bond acceptors (Lipinski definition) is 2. The Morgan fingerprint density at radius 2 is 2.50 bits per heavy atom. The largest absolute Gasteiger partial charge is 0.345 e. The van der Waals surface area contributed by atoms with Crippen LogP contribution in [0.25, 0.3) is 0 Å².